The van der Waals surface area contributed by atoms with Gasteiger partial charge in [0.15, 0.2) is 5.78 Å². The minimum Gasteiger partial charge on any atom is -0.392 e. The van der Waals surface area contributed by atoms with Gasteiger partial charge in [0.05, 0.1) is 6.10 Å². The van der Waals surface area contributed by atoms with Gasteiger partial charge >= 0.3 is 0 Å². The van der Waals surface area contributed by atoms with Gasteiger partial charge in [0.1, 0.15) is 0 Å². The molecule has 0 fully saturated rings. The van der Waals surface area contributed by atoms with Crippen LogP contribution in [-0.2, 0) is 4.79 Å². The first kappa shape index (κ1) is 19.6. The summed E-state index contributed by atoms with van der Waals surface area (Å²) in [5.74, 6) is 0.286. The Labute approximate surface area is 141 Å². The number of allylic oxidation sites excluding steroid dienone is 6. The monoisotopic (exact) mass is 316 g/mol. The molecule has 1 rings (SSSR count). The van der Waals surface area contributed by atoms with E-state index in [4.69, 9.17) is 0 Å². The maximum absolute atomic E-state index is 12.0. The molecule has 0 spiro atoms. The van der Waals surface area contributed by atoms with Crippen molar-refractivity contribution in [2.75, 3.05) is 0 Å². The van der Waals surface area contributed by atoms with Crippen LogP contribution in [0.15, 0.2) is 48.1 Å². The van der Waals surface area contributed by atoms with E-state index in [0.29, 0.717) is 12.8 Å². The van der Waals surface area contributed by atoms with Crippen molar-refractivity contribution in [3.8, 4) is 0 Å². The lowest BCUT2D eigenvalue weighted by molar-refractivity contribution is -0.111. The Bertz CT molecular complexity index is 454. The van der Waals surface area contributed by atoms with Crippen molar-refractivity contribution in [2.45, 2.75) is 71.3 Å². The molecular weight excluding hydrogens is 284 g/mol. The van der Waals surface area contributed by atoms with Gasteiger partial charge in [-0.05, 0) is 44.6 Å². The van der Waals surface area contributed by atoms with Gasteiger partial charge in [-0.2, -0.15) is 0 Å². The third-order valence-electron chi connectivity index (χ3n) is 4.12. The van der Waals surface area contributed by atoms with Gasteiger partial charge in [-0.1, -0.05) is 63.1 Å². The zero-order valence-corrected chi connectivity index (χ0v) is 14.7. The van der Waals surface area contributed by atoms with E-state index < -0.39 is 6.10 Å². The van der Waals surface area contributed by atoms with Crippen LogP contribution in [0.2, 0.25) is 0 Å². The van der Waals surface area contributed by atoms with Gasteiger partial charge in [0.25, 0.3) is 0 Å². The summed E-state index contributed by atoms with van der Waals surface area (Å²) in [7, 11) is 0. The zero-order chi connectivity index (χ0) is 16.9. The number of ketones is 1. The lowest BCUT2D eigenvalue weighted by atomic mass is 9.96. The van der Waals surface area contributed by atoms with E-state index in [1.54, 1.807) is 6.08 Å². The average Bonchev–Trinajstić information content (AvgIpc) is 2.89. The van der Waals surface area contributed by atoms with Crippen molar-refractivity contribution in [1.29, 1.82) is 0 Å². The SMILES string of the molecule is CC/C=C\CC(O)C/C=C1/C(=O)C=CC1C/C=C\CCCCC. The van der Waals surface area contributed by atoms with Gasteiger partial charge in [-0.3, -0.25) is 4.79 Å². The number of hydrogen-bond acceptors (Lipinski definition) is 2. The first-order chi connectivity index (χ1) is 11.2. The molecular formula is C21H32O2. The van der Waals surface area contributed by atoms with Crippen LogP contribution in [0.4, 0.5) is 0 Å². The van der Waals surface area contributed by atoms with Gasteiger partial charge < -0.3 is 5.11 Å². The Kier molecular flexibility index (Phi) is 10.3. The fraction of sp³-hybridized carbons (Fsp3) is 0.571. The third kappa shape index (κ3) is 8.13. The highest BCUT2D eigenvalue weighted by atomic mass is 16.3. The molecule has 1 aliphatic carbocycles. The Morgan fingerprint density at radius 1 is 1.13 bits per heavy atom. The van der Waals surface area contributed by atoms with Crippen LogP contribution < -0.4 is 0 Å². The molecule has 0 saturated heterocycles. The minimum atomic E-state index is -0.399. The molecule has 2 unspecified atom stereocenters. The normalized spacial score (nSPS) is 21.3. The molecule has 0 aromatic carbocycles. The van der Waals surface area contributed by atoms with E-state index in [0.717, 1.165) is 24.8 Å². The van der Waals surface area contributed by atoms with Crippen molar-refractivity contribution in [3.05, 3.63) is 48.1 Å². The van der Waals surface area contributed by atoms with Crippen molar-refractivity contribution in [1.82, 2.24) is 0 Å². The first-order valence-electron chi connectivity index (χ1n) is 9.09. The number of carbonyl (C=O) groups is 1. The van der Waals surface area contributed by atoms with E-state index in [9.17, 15) is 9.90 Å². The molecule has 23 heavy (non-hydrogen) atoms. The molecule has 0 aromatic rings. The number of unbranched alkanes of at least 4 members (excludes halogenated alkanes) is 3. The maximum Gasteiger partial charge on any atom is 0.181 e. The van der Waals surface area contributed by atoms with E-state index in [1.807, 2.05) is 18.2 Å². The number of rotatable bonds is 11. The summed E-state index contributed by atoms with van der Waals surface area (Å²) in [5.41, 5.74) is 0.849. The smallest absolute Gasteiger partial charge is 0.181 e. The summed E-state index contributed by atoms with van der Waals surface area (Å²) in [4.78, 5) is 12.0. The quantitative estimate of drug-likeness (QED) is 0.319. The highest BCUT2D eigenvalue weighted by molar-refractivity contribution is 6.07. The number of hydrogen-bond donors (Lipinski definition) is 1. The molecule has 0 aliphatic heterocycles. The van der Waals surface area contributed by atoms with Crippen molar-refractivity contribution in [2.24, 2.45) is 5.92 Å². The summed E-state index contributed by atoms with van der Waals surface area (Å²) in [6, 6.07) is 0. The predicted octanol–water partition coefficient (Wildman–Crippen LogP) is 5.30. The van der Waals surface area contributed by atoms with Crippen LogP contribution in [0.25, 0.3) is 0 Å². The lowest BCUT2D eigenvalue weighted by Crippen LogP contribution is -2.07. The standard InChI is InChI=1S/C21H32O2/c1-3-5-7-8-9-11-12-18-14-17-21(23)20(18)16-15-19(22)13-10-6-4-2/h6,9-11,14,16-19,22H,3-5,7-8,12-13,15H2,1-2H3/b10-6-,11-9-,20-16+. The second-order valence-electron chi connectivity index (χ2n) is 6.20. The largest absolute Gasteiger partial charge is 0.392 e. The second kappa shape index (κ2) is 12.1. The van der Waals surface area contributed by atoms with Crippen LogP contribution in [0, 0.1) is 5.92 Å². The molecule has 0 aromatic heterocycles. The molecule has 128 valence electrons. The molecule has 1 aliphatic rings. The highest BCUT2D eigenvalue weighted by Crippen LogP contribution is 2.26. The molecule has 0 bridgehead atoms. The predicted molar refractivity (Wildman–Crippen MR) is 98.3 cm³/mol. The first-order valence-corrected chi connectivity index (χ1v) is 9.09. The number of aliphatic hydroxyl groups is 1. The number of aliphatic hydroxyl groups excluding tert-OH is 1. The van der Waals surface area contributed by atoms with E-state index in [-0.39, 0.29) is 11.7 Å². The third-order valence-corrected chi connectivity index (χ3v) is 4.12. The van der Waals surface area contributed by atoms with Gasteiger partial charge in [-0.15, -0.1) is 0 Å². The molecule has 0 radical (unpaired) electrons. The van der Waals surface area contributed by atoms with Crippen LogP contribution in [0.1, 0.15) is 65.2 Å². The molecule has 0 heterocycles. The van der Waals surface area contributed by atoms with Crippen molar-refractivity contribution in [3.63, 3.8) is 0 Å². The summed E-state index contributed by atoms with van der Waals surface area (Å²) in [6.45, 7) is 4.29. The topological polar surface area (TPSA) is 37.3 Å². The summed E-state index contributed by atoms with van der Waals surface area (Å²) < 4.78 is 0. The Balaban J connectivity index is 2.43. The van der Waals surface area contributed by atoms with E-state index in [1.165, 1.54) is 19.3 Å². The Morgan fingerprint density at radius 3 is 2.70 bits per heavy atom. The van der Waals surface area contributed by atoms with Gasteiger partial charge in [-0.25, -0.2) is 0 Å². The van der Waals surface area contributed by atoms with Crippen molar-refractivity contribution < 1.29 is 9.90 Å². The Morgan fingerprint density at radius 2 is 1.96 bits per heavy atom. The number of carbonyl (C=O) groups excluding carboxylic acids is 1. The van der Waals surface area contributed by atoms with Crippen molar-refractivity contribution >= 4 is 5.78 Å². The Hall–Kier alpha value is -1.41. The maximum atomic E-state index is 12.0. The summed E-state index contributed by atoms with van der Waals surface area (Å²) in [5, 5.41) is 9.96. The van der Waals surface area contributed by atoms with Gasteiger partial charge in [0.2, 0.25) is 0 Å². The molecule has 2 nitrogen and oxygen atoms in total. The van der Waals surface area contributed by atoms with E-state index >= 15 is 0 Å². The summed E-state index contributed by atoms with van der Waals surface area (Å²) >= 11 is 0. The lowest BCUT2D eigenvalue weighted by Gasteiger charge is -2.10. The molecule has 1 N–H and O–H groups in total. The zero-order valence-electron chi connectivity index (χ0n) is 14.7. The van der Waals surface area contributed by atoms with Crippen LogP contribution in [0.5, 0.6) is 0 Å². The van der Waals surface area contributed by atoms with Crippen LogP contribution in [0.3, 0.4) is 0 Å². The van der Waals surface area contributed by atoms with Crippen LogP contribution >= 0.6 is 0 Å². The molecule has 2 heteroatoms. The molecule has 0 amide bonds. The van der Waals surface area contributed by atoms with E-state index in [2.05, 4.69) is 32.1 Å². The highest BCUT2D eigenvalue weighted by Gasteiger charge is 2.21. The second-order valence-corrected chi connectivity index (χ2v) is 6.20. The van der Waals surface area contributed by atoms with Crippen LogP contribution in [-0.4, -0.2) is 17.0 Å². The minimum absolute atomic E-state index is 0.102. The van der Waals surface area contributed by atoms with Gasteiger partial charge in [0, 0.05) is 11.5 Å². The fourth-order valence-electron chi connectivity index (χ4n) is 2.70. The molecule has 0 saturated carbocycles. The fourth-order valence-corrected chi connectivity index (χ4v) is 2.70. The average molecular weight is 316 g/mol. The summed E-state index contributed by atoms with van der Waals surface area (Å²) in [6.07, 6.45) is 21.7. The molecule has 2 atom stereocenters.